The summed E-state index contributed by atoms with van der Waals surface area (Å²) in [5, 5.41) is 11.1. The van der Waals surface area contributed by atoms with Crippen molar-refractivity contribution in [3.63, 3.8) is 0 Å². The van der Waals surface area contributed by atoms with Crippen LogP contribution in [0.2, 0.25) is 0 Å². The average molecular weight is 413 g/mol. The number of aliphatic hydroxyl groups is 1. The maximum absolute atomic E-state index is 12.1. The van der Waals surface area contributed by atoms with E-state index in [1.165, 1.54) is 25.7 Å². The van der Waals surface area contributed by atoms with Crippen LogP contribution >= 0.6 is 0 Å². The van der Waals surface area contributed by atoms with Crippen LogP contribution in [0, 0.1) is 52.3 Å². The van der Waals surface area contributed by atoms with E-state index in [-0.39, 0.29) is 11.2 Å². The Hall–Kier alpha value is -0.890. The van der Waals surface area contributed by atoms with E-state index >= 15 is 0 Å². The summed E-state index contributed by atoms with van der Waals surface area (Å²) in [6.45, 7) is 14.3. The molecule has 30 heavy (non-hydrogen) atoms. The van der Waals surface area contributed by atoms with Gasteiger partial charge in [-0.3, -0.25) is 4.79 Å². The third kappa shape index (κ3) is 3.46. The van der Waals surface area contributed by atoms with Gasteiger partial charge in [-0.1, -0.05) is 53.7 Å². The Bertz CT molecular complexity index is 733. The highest BCUT2D eigenvalue weighted by molar-refractivity contribution is 5.91. The second kappa shape index (κ2) is 7.91. The maximum Gasteiger partial charge on any atom is 0.155 e. The highest BCUT2D eigenvalue weighted by Gasteiger charge is 2.60. The summed E-state index contributed by atoms with van der Waals surface area (Å²) >= 11 is 0. The fourth-order valence-electron chi connectivity index (χ4n) is 8.22. The van der Waals surface area contributed by atoms with E-state index in [9.17, 15) is 9.90 Å². The standard InChI is InChI=1S/C28H44O2/c1-17(2)18(3)7-8-19(4)22-9-10-23-21-16-26(30)25-15-20(29)11-13-28(25,6)24(21)12-14-27(22,23)5/h7-8,15,17-19,21-24,26,30H,9-14,16H2,1-6H3/t18-,19+,21-,22+,23-,24-,26-,27+,28+/m0/s1. The lowest BCUT2D eigenvalue weighted by molar-refractivity contribution is -0.119. The fraction of sp³-hybridized carbons (Fsp3) is 0.821. The van der Waals surface area contributed by atoms with E-state index in [2.05, 4.69) is 53.7 Å². The van der Waals surface area contributed by atoms with Crippen molar-refractivity contribution in [1.29, 1.82) is 0 Å². The van der Waals surface area contributed by atoms with Crippen molar-refractivity contribution in [3.05, 3.63) is 23.8 Å². The van der Waals surface area contributed by atoms with Gasteiger partial charge in [0.2, 0.25) is 0 Å². The van der Waals surface area contributed by atoms with Gasteiger partial charge in [0.25, 0.3) is 0 Å². The first kappa shape index (κ1) is 22.3. The van der Waals surface area contributed by atoms with Gasteiger partial charge in [-0.2, -0.15) is 0 Å². The van der Waals surface area contributed by atoms with Crippen LogP contribution in [-0.2, 0) is 4.79 Å². The molecule has 0 radical (unpaired) electrons. The third-order valence-corrected chi connectivity index (χ3v) is 10.5. The predicted octanol–water partition coefficient (Wildman–Crippen LogP) is 6.59. The van der Waals surface area contributed by atoms with Gasteiger partial charge in [-0.05, 0) is 102 Å². The van der Waals surface area contributed by atoms with Crippen LogP contribution < -0.4 is 0 Å². The molecule has 0 aliphatic heterocycles. The van der Waals surface area contributed by atoms with Gasteiger partial charge in [-0.15, -0.1) is 0 Å². The monoisotopic (exact) mass is 412 g/mol. The molecular weight excluding hydrogens is 368 g/mol. The van der Waals surface area contributed by atoms with Gasteiger partial charge in [0.15, 0.2) is 5.78 Å². The molecule has 2 heteroatoms. The smallest absolute Gasteiger partial charge is 0.155 e. The summed E-state index contributed by atoms with van der Waals surface area (Å²) in [4.78, 5) is 12.1. The minimum atomic E-state index is -0.411. The van der Waals surface area contributed by atoms with Gasteiger partial charge in [0.1, 0.15) is 0 Å². The molecule has 1 N–H and O–H groups in total. The van der Waals surface area contributed by atoms with Crippen molar-refractivity contribution >= 4 is 5.78 Å². The largest absolute Gasteiger partial charge is 0.389 e. The summed E-state index contributed by atoms with van der Waals surface area (Å²) < 4.78 is 0. The number of fused-ring (bicyclic) bond motifs is 5. The maximum atomic E-state index is 12.1. The Labute approximate surface area is 184 Å². The van der Waals surface area contributed by atoms with Gasteiger partial charge in [0.05, 0.1) is 6.10 Å². The minimum absolute atomic E-state index is 0.0356. The Morgan fingerprint density at radius 3 is 2.47 bits per heavy atom. The Kier molecular flexibility index (Phi) is 5.88. The summed E-state index contributed by atoms with van der Waals surface area (Å²) in [6.07, 6.45) is 14.1. The molecule has 3 saturated carbocycles. The molecule has 3 fully saturated rings. The minimum Gasteiger partial charge on any atom is -0.389 e. The van der Waals surface area contributed by atoms with Crippen molar-refractivity contribution in [1.82, 2.24) is 0 Å². The first-order valence-corrected chi connectivity index (χ1v) is 12.7. The van der Waals surface area contributed by atoms with Crippen LogP contribution in [-0.4, -0.2) is 17.0 Å². The number of hydrogen-bond donors (Lipinski definition) is 1. The summed E-state index contributed by atoms with van der Waals surface area (Å²) in [5.74, 6) is 4.93. The number of carbonyl (C=O) groups is 1. The zero-order chi connectivity index (χ0) is 21.8. The molecule has 0 heterocycles. The van der Waals surface area contributed by atoms with Crippen molar-refractivity contribution < 1.29 is 9.90 Å². The lowest BCUT2D eigenvalue weighted by Gasteiger charge is -2.59. The zero-order valence-corrected chi connectivity index (χ0v) is 20.2. The molecular formula is C28H44O2. The Morgan fingerprint density at radius 2 is 1.77 bits per heavy atom. The molecule has 168 valence electrons. The number of ketones is 1. The number of rotatable bonds is 4. The van der Waals surface area contributed by atoms with Crippen molar-refractivity contribution in [2.24, 2.45) is 52.3 Å². The molecule has 4 aliphatic carbocycles. The van der Waals surface area contributed by atoms with Gasteiger partial charge < -0.3 is 5.11 Å². The molecule has 0 aromatic heterocycles. The highest BCUT2D eigenvalue weighted by atomic mass is 16.3. The molecule has 4 rings (SSSR count). The van der Waals surface area contributed by atoms with Crippen LogP contribution in [0.5, 0.6) is 0 Å². The molecule has 0 amide bonds. The van der Waals surface area contributed by atoms with Gasteiger partial charge in [-0.25, -0.2) is 0 Å². The molecule has 0 aromatic rings. The SMILES string of the molecule is CC(C)[C@@H](C)C=C[C@@H](C)[C@H]1CC[C@H]2[C@@H]3C[C@H](O)C4=CC(=O)CC[C@]4(C)[C@H]3CC[C@]12C. The Balaban J connectivity index is 1.56. The lowest BCUT2D eigenvalue weighted by atomic mass is 9.46. The van der Waals surface area contributed by atoms with E-state index in [1.54, 1.807) is 0 Å². The van der Waals surface area contributed by atoms with Crippen molar-refractivity contribution in [2.45, 2.75) is 92.6 Å². The van der Waals surface area contributed by atoms with E-state index in [0.717, 1.165) is 30.3 Å². The molecule has 4 aliphatic rings. The van der Waals surface area contributed by atoms with Crippen LogP contribution in [0.1, 0.15) is 86.5 Å². The van der Waals surface area contributed by atoms with Crippen LogP contribution in [0.15, 0.2) is 23.8 Å². The Morgan fingerprint density at radius 1 is 1.03 bits per heavy atom. The molecule has 0 bridgehead atoms. The van der Waals surface area contributed by atoms with Crippen LogP contribution in [0.4, 0.5) is 0 Å². The normalized spacial score (nSPS) is 45.7. The van der Waals surface area contributed by atoms with E-state index in [0.29, 0.717) is 41.4 Å². The number of allylic oxidation sites excluding steroid dienone is 2. The summed E-state index contributed by atoms with van der Waals surface area (Å²) in [7, 11) is 0. The van der Waals surface area contributed by atoms with Crippen molar-refractivity contribution in [3.8, 4) is 0 Å². The fourth-order valence-corrected chi connectivity index (χ4v) is 8.22. The zero-order valence-electron chi connectivity index (χ0n) is 20.2. The number of aliphatic hydroxyl groups excluding tert-OH is 1. The van der Waals surface area contributed by atoms with Crippen molar-refractivity contribution in [2.75, 3.05) is 0 Å². The molecule has 9 atom stereocenters. The van der Waals surface area contributed by atoms with E-state index in [4.69, 9.17) is 0 Å². The van der Waals surface area contributed by atoms with Gasteiger partial charge in [0, 0.05) is 6.42 Å². The predicted molar refractivity (Wildman–Crippen MR) is 124 cm³/mol. The van der Waals surface area contributed by atoms with E-state index < -0.39 is 6.10 Å². The summed E-state index contributed by atoms with van der Waals surface area (Å²) in [5.41, 5.74) is 1.50. The second-order valence-electron chi connectivity index (χ2n) is 12.2. The van der Waals surface area contributed by atoms with Crippen LogP contribution in [0.25, 0.3) is 0 Å². The number of carbonyl (C=O) groups excluding carboxylic acids is 1. The molecule has 0 unspecified atom stereocenters. The third-order valence-electron chi connectivity index (χ3n) is 10.5. The summed E-state index contributed by atoms with van der Waals surface area (Å²) in [6, 6.07) is 0. The quantitative estimate of drug-likeness (QED) is 0.529. The van der Waals surface area contributed by atoms with E-state index in [1.807, 2.05) is 6.08 Å². The lowest BCUT2D eigenvalue weighted by Crippen LogP contribution is -2.54. The molecule has 2 nitrogen and oxygen atoms in total. The molecule has 0 saturated heterocycles. The number of hydrogen-bond acceptors (Lipinski definition) is 2. The first-order valence-electron chi connectivity index (χ1n) is 12.7. The average Bonchev–Trinajstić information content (AvgIpc) is 3.04. The van der Waals surface area contributed by atoms with Gasteiger partial charge >= 0.3 is 0 Å². The highest BCUT2D eigenvalue weighted by Crippen LogP contribution is 2.67. The second-order valence-corrected chi connectivity index (χ2v) is 12.2. The topological polar surface area (TPSA) is 37.3 Å². The van der Waals surface area contributed by atoms with Crippen LogP contribution in [0.3, 0.4) is 0 Å². The first-order chi connectivity index (χ1) is 14.1. The molecule has 0 spiro atoms. The molecule has 0 aromatic carbocycles.